The number of imidazole rings is 1. The highest BCUT2D eigenvalue weighted by Gasteiger charge is 2.15. The molecule has 0 radical (unpaired) electrons. The average Bonchev–Trinajstić information content (AvgIpc) is 3.02. The lowest BCUT2D eigenvalue weighted by molar-refractivity contribution is 1.07. The van der Waals surface area contributed by atoms with Gasteiger partial charge in [-0.05, 0) is 42.5 Å². The summed E-state index contributed by atoms with van der Waals surface area (Å²) in [6, 6.07) is 9.62. The fraction of sp³-hybridized carbons (Fsp3) is 0. The van der Waals surface area contributed by atoms with Gasteiger partial charge in [0.1, 0.15) is 11.0 Å². The SMILES string of the molecule is S=c1[nH]c2cc(Br)ccc2n1-c1c(Cl)ccc2nsnc12. The van der Waals surface area contributed by atoms with Crippen LogP contribution in [0.3, 0.4) is 0 Å². The molecule has 21 heavy (non-hydrogen) atoms. The van der Waals surface area contributed by atoms with Crippen molar-refractivity contribution in [3.63, 3.8) is 0 Å². The number of aromatic nitrogens is 4. The number of nitrogens with zero attached hydrogens (tertiary/aromatic N) is 3. The smallest absolute Gasteiger partial charge is 0.182 e. The zero-order valence-corrected chi connectivity index (χ0v) is 14.3. The highest BCUT2D eigenvalue weighted by molar-refractivity contribution is 9.10. The van der Waals surface area contributed by atoms with Crippen LogP contribution in [0.1, 0.15) is 0 Å². The third-order valence-corrected chi connectivity index (χ3v) is 4.85. The Kier molecular flexibility index (Phi) is 3.11. The first kappa shape index (κ1) is 13.4. The molecule has 0 aliphatic heterocycles. The topological polar surface area (TPSA) is 46.5 Å². The van der Waals surface area contributed by atoms with E-state index in [4.69, 9.17) is 23.8 Å². The van der Waals surface area contributed by atoms with Crippen molar-refractivity contribution in [1.29, 1.82) is 0 Å². The van der Waals surface area contributed by atoms with E-state index in [0.29, 0.717) is 9.79 Å². The van der Waals surface area contributed by atoms with Gasteiger partial charge in [-0.25, -0.2) is 0 Å². The third-order valence-electron chi connectivity index (χ3n) is 3.22. The Morgan fingerprint density at radius 2 is 2.10 bits per heavy atom. The second-order valence-corrected chi connectivity index (χ2v) is 6.69. The van der Waals surface area contributed by atoms with Crippen molar-refractivity contribution in [2.75, 3.05) is 0 Å². The summed E-state index contributed by atoms with van der Waals surface area (Å²) in [6.07, 6.45) is 0. The van der Waals surface area contributed by atoms with E-state index in [9.17, 15) is 0 Å². The molecule has 0 saturated carbocycles. The summed E-state index contributed by atoms with van der Waals surface area (Å²) in [5, 5.41) is 0.593. The van der Waals surface area contributed by atoms with Gasteiger partial charge in [0.2, 0.25) is 0 Å². The van der Waals surface area contributed by atoms with Crippen LogP contribution in [-0.4, -0.2) is 18.3 Å². The predicted molar refractivity (Wildman–Crippen MR) is 92.1 cm³/mol. The van der Waals surface area contributed by atoms with Crippen molar-refractivity contribution in [3.8, 4) is 5.69 Å². The Balaban J connectivity index is 2.19. The van der Waals surface area contributed by atoms with E-state index in [1.165, 1.54) is 0 Å². The number of aromatic amines is 1. The van der Waals surface area contributed by atoms with Crippen molar-refractivity contribution in [3.05, 3.63) is 44.6 Å². The fourth-order valence-electron chi connectivity index (χ4n) is 2.33. The van der Waals surface area contributed by atoms with Gasteiger partial charge in [0, 0.05) is 4.47 Å². The lowest BCUT2D eigenvalue weighted by Gasteiger charge is -2.07. The maximum absolute atomic E-state index is 6.40. The zero-order valence-electron chi connectivity index (χ0n) is 10.3. The molecule has 0 spiro atoms. The van der Waals surface area contributed by atoms with E-state index in [1.807, 2.05) is 34.9 Å². The van der Waals surface area contributed by atoms with Gasteiger partial charge in [0.15, 0.2) is 4.77 Å². The molecule has 2 heterocycles. The number of hydrogen-bond donors (Lipinski definition) is 1. The van der Waals surface area contributed by atoms with Gasteiger partial charge in [-0.3, -0.25) is 4.57 Å². The van der Waals surface area contributed by atoms with Crippen molar-refractivity contribution in [1.82, 2.24) is 18.3 Å². The van der Waals surface area contributed by atoms with E-state index in [-0.39, 0.29) is 0 Å². The molecule has 4 aromatic rings. The van der Waals surface area contributed by atoms with Crippen LogP contribution < -0.4 is 0 Å². The van der Waals surface area contributed by atoms with Gasteiger partial charge < -0.3 is 4.98 Å². The van der Waals surface area contributed by atoms with Crippen LogP contribution in [0.4, 0.5) is 0 Å². The molecule has 4 nitrogen and oxygen atoms in total. The second-order valence-electron chi connectivity index (χ2n) is 4.45. The molecule has 0 saturated heterocycles. The Bertz CT molecular complexity index is 1050. The van der Waals surface area contributed by atoms with E-state index in [1.54, 1.807) is 0 Å². The lowest BCUT2D eigenvalue weighted by Crippen LogP contribution is -1.96. The monoisotopic (exact) mass is 396 g/mol. The van der Waals surface area contributed by atoms with Crippen molar-refractivity contribution >= 4 is 73.5 Å². The number of H-pyrrole nitrogens is 1. The molecule has 104 valence electrons. The molecule has 1 N–H and O–H groups in total. The maximum atomic E-state index is 6.40. The Hall–Kier alpha value is -1.28. The summed E-state index contributed by atoms with van der Waals surface area (Å²) in [7, 11) is 0. The molecule has 0 aliphatic carbocycles. The summed E-state index contributed by atoms with van der Waals surface area (Å²) in [5.74, 6) is 0. The molecule has 0 fully saturated rings. The summed E-state index contributed by atoms with van der Waals surface area (Å²) in [6.45, 7) is 0. The number of nitrogens with one attached hydrogen (secondary N) is 1. The minimum Gasteiger partial charge on any atom is -0.330 e. The average molecular weight is 398 g/mol. The number of hydrogen-bond acceptors (Lipinski definition) is 4. The van der Waals surface area contributed by atoms with Crippen LogP contribution in [0.25, 0.3) is 27.8 Å². The predicted octanol–water partition coefficient (Wildman–Crippen LogP) is 5.11. The van der Waals surface area contributed by atoms with Crippen molar-refractivity contribution < 1.29 is 0 Å². The minimum atomic E-state index is 0.575. The summed E-state index contributed by atoms with van der Waals surface area (Å²) >= 11 is 16.5. The summed E-state index contributed by atoms with van der Waals surface area (Å²) in [5.41, 5.74) is 4.22. The first-order chi connectivity index (χ1) is 10.1. The molecule has 0 unspecified atom stereocenters. The third kappa shape index (κ3) is 2.03. The van der Waals surface area contributed by atoms with Crippen LogP contribution in [-0.2, 0) is 0 Å². The molecular weight excluding hydrogens is 392 g/mol. The summed E-state index contributed by atoms with van der Waals surface area (Å²) in [4.78, 5) is 3.19. The largest absolute Gasteiger partial charge is 0.330 e. The highest BCUT2D eigenvalue weighted by atomic mass is 79.9. The van der Waals surface area contributed by atoms with Gasteiger partial charge in [-0.1, -0.05) is 27.5 Å². The zero-order chi connectivity index (χ0) is 14.6. The molecule has 0 atom stereocenters. The van der Waals surface area contributed by atoms with Crippen LogP contribution in [0, 0.1) is 4.77 Å². The van der Waals surface area contributed by atoms with Crippen molar-refractivity contribution in [2.24, 2.45) is 0 Å². The normalized spacial score (nSPS) is 11.5. The van der Waals surface area contributed by atoms with Gasteiger partial charge in [0.25, 0.3) is 0 Å². The van der Waals surface area contributed by atoms with Crippen LogP contribution in [0.5, 0.6) is 0 Å². The fourth-order valence-corrected chi connectivity index (χ4v) is 3.77. The standard InChI is InChI=1S/C13H6BrClN4S2/c14-6-1-4-10-9(5-6)16-13(20)19(10)12-7(15)2-3-8-11(12)18-21-17-8/h1-5H,(H,16,20). The number of halogens is 2. The van der Waals surface area contributed by atoms with E-state index in [0.717, 1.165) is 44.0 Å². The van der Waals surface area contributed by atoms with E-state index < -0.39 is 0 Å². The first-order valence-corrected chi connectivity index (χ1v) is 8.27. The second kappa shape index (κ2) is 4.88. The van der Waals surface area contributed by atoms with Crippen molar-refractivity contribution in [2.45, 2.75) is 0 Å². The minimum absolute atomic E-state index is 0.575. The van der Waals surface area contributed by atoms with E-state index in [2.05, 4.69) is 29.7 Å². The van der Waals surface area contributed by atoms with Crippen LogP contribution >= 0.6 is 51.5 Å². The molecule has 0 bridgehead atoms. The van der Waals surface area contributed by atoms with Gasteiger partial charge in [-0.2, -0.15) is 8.75 Å². The van der Waals surface area contributed by atoms with Crippen LogP contribution in [0.15, 0.2) is 34.8 Å². The lowest BCUT2D eigenvalue weighted by atomic mass is 10.2. The van der Waals surface area contributed by atoms with E-state index >= 15 is 0 Å². The Morgan fingerprint density at radius 3 is 2.95 bits per heavy atom. The number of fused-ring (bicyclic) bond motifs is 2. The van der Waals surface area contributed by atoms with Crippen LogP contribution in [0.2, 0.25) is 5.02 Å². The van der Waals surface area contributed by atoms with Gasteiger partial charge in [-0.15, -0.1) is 0 Å². The molecule has 8 heteroatoms. The summed E-state index contributed by atoms with van der Waals surface area (Å²) < 4.78 is 12.1. The molecule has 4 rings (SSSR count). The molecule has 2 aromatic heterocycles. The molecule has 0 amide bonds. The number of rotatable bonds is 1. The first-order valence-electron chi connectivity index (χ1n) is 5.96. The highest BCUT2D eigenvalue weighted by Crippen LogP contribution is 2.32. The maximum Gasteiger partial charge on any atom is 0.182 e. The number of benzene rings is 2. The quantitative estimate of drug-likeness (QED) is 0.454. The van der Waals surface area contributed by atoms with Gasteiger partial charge in [0.05, 0.1) is 33.5 Å². The molecule has 0 aliphatic rings. The van der Waals surface area contributed by atoms with Gasteiger partial charge >= 0.3 is 0 Å². The Morgan fingerprint density at radius 1 is 1.24 bits per heavy atom. The Labute approximate surface area is 141 Å². The molecular formula is C13H6BrClN4S2. The molecule has 2 aromatic carbocycles.